The van der Waals surface area contributed by atoms with Crippen LogP contribution in [-0.4, -0.2) is 38.3 Å². The molecule has 0 aromatic heterocycles. The van der Waals surface area contributed by atoms with Crippen molar-refractivity contribution >= 4 is 5.91 Å². The van der Waals surface area contributed by atoms with Gasteiger partial charge in [0.2, 0.25) is 5.91 Å². The molecule has 19 heavy (non-hydrogen) atoms. The van der Waals surface area contributed by atoms with Gasteiger partial charge >= 0.3 is 0 Å². The Labute approximate surface area is 116 Å². The monoisotopic (exact) mass is 268 g/mol. The molecule has 1 amide bonds. The second kappa shape index (κ2) is 7.25. The number of carbonyl (C=O) groups excluding carboxylic acids is 1. The van der Waals surface area contributed by atoms with Gasteiger partial charge in [0.15, 0.2) is 0 Å². The Hall–Kier alpha value is -0.610. The highest BCUT2D eigenvalue weighted by atomic mass is 16.5. The Kier molecular flexibility index (Phi) is 5.64. The molecule has 0 aromatic carbocycles. The van der Waals surface area contributed by atoms with E-state index in [-0.39, 0.29) is 11.3 Å². The molecule has 0 bridgehead atoms. The first-order chi connectivity index (χ1) is 9.27. The first-order valence-electron chi connectivity index (χ1n) is 7.87. The van der Waals surface area contributed by atoms with E-state index in [0.717, 1.165) is 64.8 Å². The summed E-state index contributed by atoms with van der Waals surface area (Å²) in [5.41, 5.74) is -0.115. The first kappa shape index (κ1) is 14.8. The highest BCUT2D eigenvalue weighted by Crippen LogP contribution is 2.34. The molecule has 0 aromatic rings. The first-order valence-corrected chi connectivity index (χ1v) is 7.87. The summed E-state index contributed by atoms with van der Waals surface area (Å²) >= 11 is 0. The zero-order chi connectivity index (χ0) is 13.6. The van der Waals surface area contributed by atoms with Gasteiger partial charge in [-0.1, -0.05) is 13.3 Å². The topological polar surface area (TPSA) is 50.4 Å². The van der Waals surface area contributed by atoms with Gasteiger partial charge in [-0.2, -0.15) is 0 Å². The van der Waals surface area contributed by atoms with Gasteiger partial charge in [-0.05, 0) is 51.6 Å². The molecule has 0 saturated carbocycles. The van der Waals surface area contributed by atoms with E-state index in [9.17, 15) is 4.79 Å². The summed E-state index contributed by atoms with van der Waals surface area (Å²) in [6.45, 7) is 5.77. The van der Waals surface area contributed by atoms with E-state index in [0.29, 0.717) is 6.10 Å². The molecule has 4 heteroatoms. The molecule has 2 rings (SSSR count). The Morgan fingerprint density at radius 3 is 2.84 bits per heavy atom. The van der Waals surface area contributed by atoms with Crippen molar-refractivity contribution in [1.29, 1.82) is 0 Å². The summed E-state index contributed by atoms with van der Waals surface area (Å²) in [4.78, 5) is 12.5. The molecule has 1 atom stereocenters. The van der Waals surface area contributed by atoms with E-state index in [1.165, 1.54) is 6.42 Å². The van der Waals surface area contributed by atoms with Gasteiger partial charge in [-0.3, -0.25) is 4.79 Å². The maximum Gasteiger partial charge on any atom is 0.226 e. The molecule has 2 aliphatic rings. The summed E-state index contributed by atoms with van der Waals surface area (Å²) < 4.78 is 5.59. The average molecular weight is 268 g/mol. The third kappa shape index (κ3) is 3.93. The molecule has 110 valence electrons. The summed E-state index contributed by atoms with van der Waals surface area (Å²) in [6.07, 6.45) is 7.71. The molecule has 2 N–H and O–H groups in total. The zero-order valence-electron chi connectivity index (χ0n) is 12.2. The van der Waals surface area contributed by atoms with Crippen molar-refractivity contribution in [2.75, 3.05) is 26.2 Å². The molecule has 1 unspecified atom stereocenters. The molecule has 2 saturated heterocycles. The van der Waals surface area contributed by atoms with Gasteiger partial charge in [0.1, 0.15) is 0 Å². The van der Waals surface area contributed by atoms with E-state index in [1.807, 2.05) is 0 Å². The summed E-state index contributed by atoms with van der Waals surface area (Å²) in [5, 5.41) is 6.51. The molecule has 2 aliphatic heterocycles. The smallest absolute Gasteiger partial charge is 0.226 e. The van der Waals surface area contributed by atoms with Crippen LogP contribution < -0.4 is 10.6 Å². The minimum absolute atomic E-state index is 0.115. The lowest BCUT2D eigenvalue weighted by molar-refractivity contribution is -0.133. The summed E-state index contributed by atoms with van der Waals surface area (Å²) in [7, 11) is 0. The van der Waals surface area contributed by atoms with E-state index >= 15 is 0 Å². The number of hydrogen-bond donors (Lipinski definition) is 2. The van der Waals surface area contributed by atoms with E-state index < -0.39 is 0 Å². The largest absolute Gasteiger partial charge is 0.378 e. The number of hydrogen-bond acceptors (Lipinski definition) is 3. The van der Waals surface area contributed by atoms with Crippen LogP contribution in [0, 0.1) is 5.41 Å². The van der Waals surface area contributed by atoms with Crippen LogP contribution >= 0.6 is 0 Å². The van der Waals surface area contributed by atoms with Crippen LogP contribution in [0.2, 0.25) is 0 Å². The Morgan fingerprint density at radius 2 is 2.21 bits per heavy atom. The van der Waals surface area contributed by atoms with Crippen molar-refractivity contribution in [2.45, 2.75) is 58.0 Å². The van der Waals surface area contributed by atoms with Crippen molar-refractivity contribution in [3.05, 3.63) is 0 Å². The fourth-order valence-electron chi connectivity index (χ4n) is 3.38. The van der Waals surface area contributed by atoms with Crippen LogP contribution in [0.1, 0.15) is 51.9 Å². The molecular weight excluding hydrogens is 240 g/mol. The predicted molar refractivity (Wildman–Crippen MR) is 76.0 cm³/mol. The standard InChI is InChI=1S/C15H28N2O2/c1-2-6-15(7-10-16-11-8-15)14(18)17-9-5-13-4-3-12-19-13/h13,16H,2-12H2,1H3,(H,17,18). The second-order valence-corrected chi connectivity index (χ2v) is 5.96. The van der Waals surface area contributed by atoms with E-state index in [4.69, 9.17) is 4.74 Å². The molecule has 2 fully saturated rings. The SMILES string of the molecule is CCCC1(C(=O)NCCC2CCCO2)CCNCC1. The van der Waals surface area contributed by atoms with Crippen LogP contribution in [0.25, 0.3) is 0 Å². The third-order valence-corrected chi connectivity index (χ3v) is 4.55. The van der Waals surface area contributed by atoms with Gasteiger partial charge in [0.25, 0.3) is 0 Å². The van der Waals surface area contributed by atoms with Crippen LogP contribution in [0.5, 0.6) is 0 Å². The lowest BCUT2D eigenvalue weighted by Crippen LogP contribution is -2.48. The maximum absolute atomic E-state index is 12.5. The van der Waals surface area contributed by atoms with Crippen LogP contribution in [0.15, 0.2) is 0 Å². The van der Waals surface area contributed by atoms with Gasteiger partial charge in [0, 0.05) is 13.2 Å². The number of rotatable bonds is 6. The highest BCUT2D eigenvalue weighted by molar-refractivity contribution is 5.82. The highest BCUT2D eigenvalue weighted by Gasteiger charge is 2.38. The molecule has 4 nitrogen and oxygen atoms in total. The maximum atomic E-state index is 12.5. The van der Waals surface area contributed by atoms with Gasteiger partial charge < -0.3 is 15.4 Å². The Balaban J connectivity index is 1.78. The average Bonchev–Trinajstić information content (AvgIpc) is 2.93. The second-order valence-electron chi connectivity index (χ2n) is 5.96. The summed E-state index contributed by atoms with van der Waals surface area (Å²) in [5.74, 6) is 0.272. The van der Waals surface area contributed by atoms with Gasteiger partial charge in [-0.15, -0.1) is 0 Å². The molecule has 0 aliphatic carbocycles. The third-order valence-electron chi connectivity index (χ3n) is 4.55. The lowest BCUT2D eigenvalue weighted by atomic mass is 9.74. The van der Waals surface area contributed by atoms with Crippen LogP contribution in [0.4, 0.5) is 0 Å². The molecule has 0 spiro atoms. The zero-order valence-corrected chi connectivity index (χ0v) is 12.2. The van der Waals surface area contributed by atoms with E-state index in [2.05, 4.69) is 17.6 Å². The Morgan fingerprint density at radius 1 is 1.42 bits per heavy atom. The van der Waals surface area contributed by atoms with Crippen LogP contribution in [0.3, 0.4) is 0 Å². The quantitative estimate of drug-likeness (QED) is 0.773. The number of piperidine rings is 1. The lowest BCUT2D eigenvalue weighted by Gasteiger charge is -2.36. The summed E-state index contributed by atoms with van der Waals surface area (Å²) in [6, 6.07) is 0. The van der Waals surface area contributed by atoms with Crippen molar-refractivity contribution in [3.8, 4) is 0 Å². The molecule has 2 heterocycles. The number of amides is 1. The van der Waals surface area contributed by atoms with Crippen molar-refractivity contribution in [3.63, 3.8) is 0 Å². The van der Waals surface area contributed by atoms with E-state index in [1.54, 1.807) is 0 Å². The minimum atomic E-state index is -0.115. The fourth-order valence-corrected chi connectivity index (χ4v) is 3.38. The number of ether oxygens (including phenoxy) is 1. The normalized spacial score (nSPS) is 26.3. The minimum Gasteiger partial charge on any atom is -0.378 e. The fraction of sp³-hybridized carbons (Fsp3) is 0.933. The van der Waals surface area contributed by atoms with Crippen LogP contribution in [-0.2, 0) is 9.53 Å². The molecular formula is C15H28N2O2. The number of carbonyl (C=O) groups is 1. The van der Waals surface area contributed by atoms with Crippen molar-refractivity contribution in [2.24, 2.45) is 5.41 Å². The van der Waals surface area contributed by atoms with Crippen molar-refractivity contribution < 1.29 is 9.53 Å². The van der Waals surface area contributed by atoms with Gasteiger partial charge in [-0.25, -0.2) is 0 Å². The van der Waals surface area contributed by atoms with Crippen molar-refractivity contribution in [1.82, 2.24) is 10.6 Å². The molecule has 0 radical (unpaired) electrons. The van der Waals surface area contributed by atoms with Gasteiger partial charge in [0.05, 0.1) is 11.5 Å². The predicted octanol–water partition coefficient (Wildman–Crippen LogP) is 1.84. The Bertz CT molecular complexity index is 276. The number of nitrogens with one attached hydrogen (secondary N) is 2.